The summed E-state index contributed by atoms with van der Waals surface area (Å²) in [4.78, 5) is 6.23. The Labute approximate surface area is 174 Å². The minimum absolute atomic E-state index is 0.258. The predicted molar refractivity (Wildman–Crippen MR) is 111 cm³/mol. The van der Waals surface area contributed by atoms with E-state index in [1.165, 1.54) is 6.07 Å². The largest absolute Gasteiger partial charge is 0.497 e. The van der Waals surface area contributed by atoms with Crippen molar-refractivity contribution in [3.05, 3.63) is 52.0 Å². The lowest BCUT2D eigenvalue weighted by Gasteiger charge is -2.32. The van der Waals surface area contributed by atoms with Crippen LogP contribution in [0.3, 0.4) is 0 Å². The summed E-state index contributed by atoms with van der Waals surface area (Å²) in [5.74, 6) is 0.999. The number of benzene rings is 1. The number of nitrogens with zero attached hydrogens (tertiary/aromatic N) is 2. The molecule has 154 valence electrons. The Morgan fingerprint density at radius 2 is 1.86 bits per heavy atom. The monoisotopic (exact) mass is 454 g/mol. The Bertz CT molecular complexity index is 796. The van der Waals surface area contributed by atoms with Crippen molar-refractivity contribution in [3.63, 3.8) is 0 Å². The standard InChI is InChI=1S/C21H28BrFN2O3/c1-21(2,3)19(26)13-25(12-17-16(23)8-9-20(22)24-17)11-14-6-7-15(27-4)10-18(14)28-5/h6-10,19,26H,11-13H2,1-5H3/t19-/m0/s1. The maximum absolute atomic E-state index is 14.3. The van der Waals surface area contributed by atoms with Crippen LogP contribution in [0.5, 0.6) is 11.5 Å². The molecule has 1 aromatic carbocycles. The second-order valence-electron chi connectivity index (χ2n) is 7.79. The van der Waals surface area contributed by atoms with Gasteiger partial charge in [-0.15, -0.1) is 0 Å². The van der Waals surface area contributed by atoms with Crippen molar-refractivity contribution in [2.45, 2.75) is 40.0 Å². The molecule has 1 heterocycles. The average Bonchev–Trinajstić information content (AvgIpc) is 2.64. The Morgan fingerprint density at radius 1 is 1.14 bits per heavy atom. The Hall–Kier alpha value is -1.70. The van der Waals surface area contributed by atoms with E-state index < -0.39 is 6.10 Å². The molecule has 2 aromatic rings. The van der Waals surface area contributed by atoms with Crippen LogP contribution in [0.4, 0.5) is 4.39 Å². The van der Waals surface area contributed by atoms with Gasteiger partial charge in [-0.1, -0.05) is 26.8 Å². The first-order chi connectivity index (χ1) is 13.1. The van der Waals surface area contributed by atoms with E-state index in [-0.39, 0.29) is 17.8 Å². The fourth-order valence-corrected chi connectivity index (χ4v) is 3.05. The van der Waals surface area contributed by atoms with Crippen molar-refractivity contribution in [2.24, 2.45) is 5.41 Å². The van der Waals surface area contributed by atoms with Gasteiger partial charge in [0.25, 0.3) is 0 Å². The van der Waals surface area contributed by atoms with Gasteiger partial charge in [0, 0.05) is 31.3 Å². The molecule has 1 aromatic heterocycles. The highest BCUT2D eigenvalue weighted by Gasteiger charge is 2.26. The molecule has 1 N–H and O–H groups in total. The van der Waals surface area contributed by atoms with E-state index in [0.29, 0.717) is 34.9 Å². The number of aliphatic hydroxyl groups is 1. The van der Waals surface area contributed by atoms with Crippen LogP contribution in [0.2, 0.25) is 0 Å². The zero-order valence-electron chi connectivity index (χ0n) is 17.0. The third-order valence-electron chi connectivity index (χ3n) is 4.58. The van der Waals surface area contributed by atoms with Crippen LogP contribution in [0, 0.1) is 11.2 Å². The van der Waals surface area contributed by atoms with Crippen LogP contribution < -0.4 is 9.47 Å². The van der Waals surface area contributed by atoms with Crippen LogP contribution >= 0.6 is 15.9 Å². The van der Waals surface area contributed by atoms with Gasteiger partial charge < -0.3 is 14.6 Å². The van der Waals surface area contributed by atoms with Crippen LogP contribution in [0.25, 0.3) is 0 Å². The van der Waals surface area contributed by atoms with Gasteiger partial charge in [0.15, 0.2) is 0 Å². The van der Waals surface area contributed by atoms with Crippen molar-refractivity contribution in [2.75, 3.05) is 20.8 Å². The maximum Gasteiger partial charge on any atom is 0.146 e. The van der Waals surface area contributed by atoms with Gasteiger partial charge in [-0.05, 0) is 39.5 Å². The molecule has 0 radical (unpaired) electrons. The van der Waals surface area contributed by atoms with E-state index in [4.69, 9.17) is 9.47 Å². The number of hydrogen-bond acceptors (Lipinski definition) is 5. The molecule has 0 fully saturated rings. The number of pyridine rings is 1. The summed E-state index contributed by atoms with van der Waals surface area (Å²) in [6, 6.07) is 8.54. The van der Waals surface area contributed by atoms with Crippen LogP contribution in [0.15, 0.2) is 34.9 Å². The molecule has 5 nitrogen and oxygen atoms in total. The highest BCUT2D eigenvalue weighted by Crippen LogP contribution is 2.28. The molecule has 0 unspecified atom stereocenters. The number of rotatable bonds is 8. The molecule has 1 atom stereocenters. The first-order valence-electron chi connectivity index (χ1n) is 9.06. The first kappa shape index (κ1) is 22.6. The second kappa shape index (κ2) is 9.67. The van der Waals surface area contributed by atoms with Crippen LogP contribution in [-0.4, -0.2) is 41.9 Å². The molecule has 0 saturated carbocycles. The highest BCUT2D eigenvalue weighted by molar-refractivity contribution is 9.10. The molecular formula is C21H28BrFN2O3. The number of aromatic nitrogens is 1. The van der Waals surface area contributed by atoms with Gasteiger partial charge in [-0.25, -0.2) is 9.37 Å². The lowest BCUT2D eigenvalue weighted by molar-refractivity contribution is 0.0229. The zero-order chi connectivity index (χ0) is 20.9. The fraction of sp³-hybridized carbons (Fsp3) is 0.476. The third kappa shape index (κ3) is 6.15. The van der Waals surface area contributed by atoms with Crippen LogP contribution in [0.1, 0.15) is 32.0 Å². The van der Waals surface area contributed by atoms with E-state index >= 15 is 0 Å². The Balaban J connectivity index is 2.31. The minimum Gasteiger partial charge on any atom is -0.497 e. The summed E-state index contributed by atoms with van der Waals surface area (Å²) in [7, 11) is 3.20. The summed E-state index contributed by atoms with van der Waals surface area (Å²) in [6.07, 6.45) is -0.591. The van der Waals surface area contributed by atoms with Crippen LogP contribution in [-0.2, 0) is 13.1 Å². The molecule has 0 aliphatic rings. The number of methoxy groups -OCH3 is 2. The Morgan fingerprint density at radius 3 is 2.46 bits per heavy atom. The SMILES string of the molecule is COc1ccc(CN(Cc2nc(Br)ccc2F)C[C@H](O)C(C)(C)C)c(OC)c1. The lowest BCUT2D eigenvalue weighted by atomic mass is 9.89. The summed E-state index contributed by atoms with van der Waals surface area (Å²) in [5, 5.41) is 10.6. The quantitative estimate of drug-likeness (QED) is 0.598. The van der Waals surface area contributed by atoms with Gasteiger partial charge in [0.2, 0.25) is 0 Å². The van der Waals surface area contributed by atoms with E-state index in [0.717, 1.165) is 5.56 Å². The number of aliphatic hydroxyl groups excluding tert-OH is 1. The van der Waals surface area contributed by atoms with Gasteiger partial charge >= 0.3 is 0 Å². The topological polar surface area (TPSA) is 54.8 Å². The highest BCUT2D eigenvalue weighted by atomic mass is 79.9. The van der Waals surface area contributed by atoms with E-state index in [1.807, 2.05) is 43.9 Å². The maximum atomic E-state index is 14.3. The van der Waals surface area contributed by atoms with Crippen molar-refractivity contribution >= 4 is 15.9 Å². The second-order valence-corrected chi connectivity index (χ2v) is 8.60. The molecular weight excluding hydrogens is 427 g/mol. The molecule has 2 rings (SSSR count). The number of hydrogen-bond donors (Lipinski definition) is 1. The normalized spacial score (nSPS) is 12.9. The van der Waals surface area contributed by atoms with E-state index in [1.54, 1.807) is 20.3 Å². The van der Waals surface area contributed by atoms with Crippen molar-refractivity contribution in [1.82, 2.24) is 9.88 Å². The molecule has 0 spiro atoms. The Kier molecular flexibility index (Phi) is 7.80. The number of ether oxygens (including phenoxy) is 2. The molecule has 0 aliphatic heterocycles. The van der Waals surface area contributed by atoms with Crippen molar-refractivity contribution < 1.29 is 19.0 Å². The average molecular weight is 455 g/mol. The lowest BCUT2D eigenvalue weighted by Crippen LogP contribution is -2.39. The molecule has 0 aliphatic carbocycles. The summed E-state index contributed by atoms with van der Waals surface area (Å²) in [5.41, 5.74) is 0.939. The molecule has 0 bridgehead atoms. The summed E-state index contributed by atoms with van der Waals surface area (Å²) in [6.45, 7) is 7.01. The van der Waals surface area contributed by atoms with E-state index in [9.17, 15) is 9.50 Å². The molecule has 0 saturated heterocycles. The molecule has 0 amide bonds. The molecule has 28 heavy (non-hydrogen) atoms. The van der Waals surface area contributed by atoms with Gasteiger partial charge in [-0.2, -0.15) is 0 Å². The smallest absolute Gasteiger partial charge is 0.146 e. The summed E-state index contributed by atoms with van der Waals surface area (Å²) < 4.78 is 25.6. The zero-order valence-corrected chi connectivity index (χ0v) is 18.6. The number of halogens is 2. The first-order valence-corrected chi connectivity index (χ1v) is 9.85. The van der Waals surface area contributed by atoms with Gasteiger partial charge in [-0.3, -0.25) is 4.90 Å². The third-order valence-corrected chi connectivity index (χ3v) is 5.02. The van der Waals surface area contributed by atoms with Gasteiger partial charge in [0.05, 0.1) is 26.0 Å². The van der Waals surface area contributed by atoms with E-state index in [2.05, 4.69) is 20.9 Å². The van der Waals surface area contributed by atoms with Crippen molar-refractivity contribution in [3.8, 4) is 11.5 Å². The predicted octanol–water partition coefficient (Wildman–Crippen LogP) is 4.41. The summed E-state index contributed by atoms with van der Waals surface area (Å²) >= 11 is 3.29. The van der Waals surface area contributed by atoms with Crippen molar-refractivity contribution in [1.29, 1.82) is 0 Å². The minimum atomic E-state index is -0.591. The molecule has 7 heteroatoms. The van der Waals surface area contributed by atoms with Gasteiger partial charge in [0.1, 0.15) is 21.9 Å². The fourth-order valence-electron chi connectivity index (χ4n) is 2.71.